The number of unbranched alkanes of at least 4 members (excludes halogenated alkanes) is 1. The van der Waals surface area contributed by atoms with Gasteiger partial charge in [-0.2, -0.15) is 0 Å². The maximum absolute atomic E-state index is 13.2. The van der Waals surface area contributed by atoms with E-state index in [1.807, 2.05) is 35.2 Å². The first-order valence-corrected chi connectivity index (χ1v) is 9.97. The topological polar surface area (TPSA) is 40.6 Å². The summed E-state index contributed by atoms with van der Waals surface area (Å²) in [6, 6.07) is 16.0. The van der Waals surface area contributed by atoms with E-state index in [1.165, 1.54) is 12.1 Å². The van der Waals surface area contributed by atoms with Crippen LogP contribution in [0.25, 0.3) is 0 Å². The molecule has 0 bridgehead atoms. The van der Waals surface area contributed by atoms with Crippen LogP contribution in [-0.2, 0) is 16.0 Å². The molecule has 4 nitrogen and oxygen atoms in total. The summed E-state index contributed by atoms with van der Waals surface area (Å²) >= 11 is 0. The number of anilines is 1. The maximum atomic E-state index is 13.2. The van der Waals surface area contributed by atoms with E-state index in [-0.39, 0.29) is 30.0 Å². The van der Waals surface area contributed by atoms with Gasteiger partial charge in [0.15, 0.2) is 0 Å². The molecule has 2 aromatic carbocycles. The summed E-state index contributed by atoms with van der Waals surface area (Å²) in [6.45, 7) is 3.77. The van der Waals surface area contributed by atoms with Crippen molar-refractivity contribution in [1.29, 1.82) is 0 Å². The number of para-hydroxylation sites is 1. The minimum atomic E-state index is -0.308. The number of carbonyl (C=O) groups excluding carboxylic acids is 2. The fourth-order valence-electron chi connectivity index (χ4n) is 3.58. The Labute approximate surface area is 166 Å². The van der Waals surface area contributed by atoms with Crippen molar-refractivity contribution < 1.29 is 14.0 Å². The van der Waals surface area contributed by atoms with Crippen molar-refractivity contribution >= 4 is 17.5 Å². The molecule has 0 aromatic heterocycles. The van der Waals surface area contributed by atoms with E-state index < -0.39 is 0 Å². The van der Waals surface area contributed by atoms with Crippen molar-refractivity contribution in [2.24, 2.45) is 5.92 Å². The Morgan fingerprint density at radius 2 is 1.86 bits per heavy atom. The molecule has 0 saturated carbocycles. The van der Waals surface area contributed by atoms with Crippen molar-refractivity contribution in [3.63, 3.8) is 0 Å². The number of halogens is 1. The second kappa shape index (κ2) is 9.49. The third-order valence-electron chi connectivity index (χ3n) is 5.22. The molecule has 0 spiro atoms. The average molecular weight is 382 g/mol. The molecule has 1 fully saturated rings. The molecule has 148 valence electrons. The van der Waals surface area contributed by atoms with Gasteiger partial charge >= 0.3 is 0 Å². The Bertz CT molecular complexity index is 792. The third-order valence-corrected chi connectivity index (χ3v) is 5.22. The second-order valence-corrected chi connectivity index (χ2v) is 7.30. The minimum Gasteiger partial charge on any atom is -0.342 e. The lowest BCUT2D eigenvalue weighted by Gasteiger charge is -2.25. The van der Waals surface area contributed by atoms with Gasteiger partial charge in [-0.15, -0.1) is 0 Å². The van der Waals surface area contributed by atoms with Crippen LogP contribution >= 0.6 is 0 Å². The van der Waals surface area contributed by atoms with Crippen LogP contribution in [0.2, 0.25) is 0 Å². The Hall–Kier alpha value is -2.69. The van der Waals surface area contributed by atoms with Crippen molar-refractivity contribution in [2.75, 3.05) is 24.5 Å². The molecule has 3 rings (SSSR count). The standard InChI is InChI=1S/C23H27FN2O2/c1-2-3-14-26(21-7-5-4-6-8-21)23(28)19-16-22(27)25(17-19)15-13-18-9-11-20(24)12-10-18/h4-12,19H,2-3,13-17H2,1H3/t19-/m1/s1. The molecule has 0 unspecified atom stereocenters. The van der Waals surface area contributed by atoms with E-state index in [9.17, 15) is 14.0 Å². The predicted molar refractivity (Wildman–Crippen MR) is 108 cm³/mol. The fraction of sp³-hybridized carbons (Fsp3) is 0.391. The number of hydrogen-bond acceptors (Lipinski definition) is 2. The molecule has 0 aliphatic carbocycles. The van der Waals surface area contributed by atoms with E-state index >= 15 is 0 Å². The molecule has 0 radical (unpaired) electrons. The molecular formula is C23H27FN2O2. The van der Waals surface area contributed by atoms with Crippen LogP contribution in [0.5, 0.6) is 0 Å². The van der Waals surface area contributed by atoms with Crippen molar-refractivity contribution in [2.45, 2.75) is 32.6 Å². The first-order chi connectivity index (χ1) is 13.6. The zero-order valence-electron chi connectivity index (χ0n) is 16.3. The summed E-state index contributed by atoms with van der Waals surface area (Å²) in [6.07, 6.45) is 2.85. The molecular weight excluding hydrogens is 355 g/mol. The van der Waals surface area contributed by atoms with E-state index in [4.69, 9.17) is 0 Å². The van der Waals surface area contributed by atoms with Gasteiger partial charge < -0.3 is 9.80 Å². The highest BCUT2D eigenvalue weighted by atomic mass is 19.1. The molecule has 5 heteroatoms. The normalized spacial score (nSPS) is 16.4. The smallest absolute Gasteiger partial charge is 0.232 e. The molecule has 1 atom stereocenters. The van der Waals surface area contributed by atoms with Crippen LogP contribution in [0, 0.1) is 11.7 Å². The summed E-state index contributed by atoms with van der Waals surface area (Å²) in [7, 11) is 0. The number of benzene rings is 2. The molecule has 2 amide bonds. The molecule has 0 N–H and O–H groups in total. The first-order valence-electron chi connectivity index (χ1n) is 9.97. The predicted octanol–water partition coefficient (Wildman–Crippen LogP) is 4.05. The SMILES string of the molecule is CCCCN(C(=O)[C@@H]1CC(=O)N(CCc2ccc(F)cc2)C1)c1ccccc1. The van der Waals surface area contributed by atoms with Gasteiger partial charge in [-0.05, 0) is 42.7 Å². The van der Waals surface area contributed by atoms with Gasteiger partial charge in [0.05, 0.1) is 5.92 Å². The molecule has 1 saturated heterocycles. The Kier molecular flexibility index (Phi) is 6.80. The highest BCUT2D eigenvalue weighted by Crippen LogP contribution is 2.24. The summed E-state index contributed by atoms with van der Waals surface area (Å²) in [5.74, 6) is -0.529. The zero-order valence-corrected chi connectivity index (χ0v) is 16.3. The number of amides is 2. The van der Waals surface area contributed by atoms with Crippen LogP contribution in [0.4, 0.5) is 10.1 Å². The monoisotopic (exact) mass is 382 g/mol. The van der Waals surface area contributed by atoms with Gasteiger partial charge in [0.1, 0.15) is 5.82 Å². The van der Waals surface area contributed by atoms with Gasteiger partial charge in [-0.3, -0.25) is 9.59 Å². The second-order valence-electron chi connectivity index (χ2n) is 7.30. The minimum absolute atomic E-state index is 0.0176. The van der Waals surface area contributed by atoms with Crippen LogP contribution in [0.3, 0.4) is 0 Å². The molecule has 2 aromatic rings. The van der Waals surface area contributed by atoms with Crippen LogP contribution in [0.1, 0.15) is 31.7 Å². The highest BCUT2D eigenvalue weighted by molar-refractivity contribution is 5.99. The lowest BCUT2D eigenvalue weighted by molar-refractivity contribution is -0.128. The lowest BCUT2D eigenvalue weighted by atomic mass is 10.1. The van der Waals surface area contributed by atoms with Gasteiger partial charge in [0.2, 0.25) is 11.8 Å². The van der Waals surface area contributed by atoms with Gasteiger partial charge in [-0.1, -0.05) is 43.7 Å². The zero-order chi connectivity index (χ0) is 19.9. The Morgan fingerprint density at radius 1 is 1.14 bits per heavy atom. The van der Waals surface area contributed by atoms with E-state index in [0.717, 1.165) is 24.1 Å². The first kappa shape index (κ1) is 20.1. The van der Waals surface area contributed by atoms with Crippen LogP contribution < -0.4 is 4.90 Å². The quantitative estimate of drug-likeness (QED) is 0.691. The molecule has 1 aliphatic heterocycles. The molecule has 1 aliphatic rings. The Balaban J connectivity index is 1.63. The lowest BCUT2D eigenvalue weighted by Crippen LogP contribution is -2.38. The average Bonchev–Trinajstić information content (AvgIpc) is 3.09. The van der Waals surface area contributed by atoms with E-state index in [1.54, 1.807) is 17.0 Å². The highest BCUT2D eigenvalue weighted by Gasteiger charge is 2.36. The largest absolute Gasteiger partial charge is 0.342 e. The van der Waals surface area contributed by atoms with Crippen molar-refractivity contribution in [1.82, 2.24) is 4.90 Å². The van der Waals surface area contributed by atoms with Gasteiger partial charge in [0, 0.05) is 31.7 Å². The van der Waals surface area contributed by atoms with Crippen LogP contribution in [-0.4, -0.2) is 36.3 Å². The summed E-state index contributed by atoms with van der Waals surface area (Å²) in [4.78, 5) is 29.2. The summed E-state index contributed by atoms with van der Waals surface area (Å²) < 4.78 is 13.0. The number of rotatable bonds is 8. The van der Waals surface area contributed by atoms with Crippen molar-refractivity contribution in [3.05, 3.63) is 66.0 Å². The van der Waals surface area contributed by atoms with Crippen molar-refractivity contribution in [3.8, 4) is 0 Å². The third kappa shape index (κ3) is 4.97. The fourth-order valence-corrected chi connectivity index (χ4v) is 3.58. The number of hydrogen-bond donors (Lipinski definition) is 0. The Morgan fingerprint density at radius 3 is 2.54 bits per heavy atom. The molecule has 1 heterocycles. The van der Waals surface area contributed by atoms with Gasteiger partial charge in [0.25, 0.3) is 0 Å². The summed E-state index contributed by atoms with van der Waals surface area (Å²) in [5.41, 5.74) is 1.87. The number of likely N-dealkylation sites (tertiary alicyclic amines) is 1. The maximum Gasteiger partial charge on any atom is 0.232 e. The van der Waals surface area contributed by atoms with E-state index in [2.05, 4.69) is 6.92 Å². The number of nitrogens with zero attached hydrogens (tertiary/aromatic N) is 2. The molecule has 28 heavy (non-hydrogen) atoms. The van der Waals surface area contributed by atoms with E-state index in [0.29, 0.717) is 26.1 Å². The summed E-state index contributed by atoms with van der Waals surface area (Å²) in [5, 5.41) is 0. The number of carbonyl (C=O) groups is 2. The van der Waals surface area contributed by atoms with Gasteiger partial charge in [-0.25, -0.2) is 4.39 Å². The van der Waals surface area contributed by atoms with Crippen LogP contribution in [0.15, 0.2) is 54.6 Å².